The zero-order valence-corrected chi connectivity index (χ0v) is 10.2. The molecule has 0 bridgehead atoms. The van der Waals surface area contributed by atoms with Gasteiger partial charge in [-0.15, -0.1) is 0 Å². The Morgan fingerprint density at radius 1 is 1.00 bits per heavy atom. The van der Waals surface area contributed by atoms with Gasteiger partial charge in [0.2, 0.25) is 0 Å². The number of benzene rings is 2. The second-order valence-electron chi connectivity index (χ2n) is 3.77. The van der Waals surface area contributed by atoms with E-state index in [-0.39, 0.29) is 0 Å². The molecule has 0 amide bonds. The first-order chi connectivity index (χ1) is 8.28. The molecule has 0 spiro atoms. The van der Waals surface area contributed by atoms with Crippen LogP contribution >= 0.6 is 11.6 Å². The fourth-order valence-electron chi connectivity index (χ4n) is 1.57. The maximum absolute atomic E-state index is 5.88. The first-order valence-electron chi connectivity index (χ1n) is 5.44. The van der Waals surface area contributed by atoms with Crippen molar-refractivity contribution in [1.29, 1.82) is 0 Å². The van der Waals surface area contributed by atoms with Crippen molar-refractivity contribution in [3.63, 3.8) is 0 Å². The quantitative estimate of drug-likeness (QED) is 0.899. The second kappa shape index (κ2) is 5.71. The summed E-state index contributed by atoms with van der Waals surface area (Å²) in [6.45, 7) is 1.07. The van der Waals surface area contributed by atoms with Gasteiger partial charge in [-0.3, -0.25) is 0 Å². The second-order valence-corrected chi connectivity index (χ2v) is 4.21. The normalized spacial score (nSPS) is 10.2. The molecular weight excluding hydrogens is 234 g/mol. The number of halogens is 1. The third kappa shape index (κ3) is 3.48. The van der Waals surface area contributed by atoms with Gasteiger partial charge in [0.25, 0.3) is 0 Å². The smallest absolute Gasteiger partial charge is 0.121 e. The monoisotopic (exact) mass is 247 g/mol. The lowest BCUT2D eigenvalue weighted by Gasteiger charge is -2.07. The van der Waals surface area contributed by atoms with E-state index >= 15 is 0 Å². The molecule has 0 heterocycles. The number of rotatable bonds is 4. The van der Waals surface area contributed by atoms with Gasteiger partial charge in [0.15, 0.2) is 0 Å². The molecule has 0 aliphatic heterocycles. The standard InChI is InChI=1S/C14H14ClNO/c15-13-5-2-6-14(8-13)17-10-12-4-1-3-11(7-12)9-16/h1-8H,9-10,16H2. The molecule has 0 aliphatic carbocycles. The van der Waals surface area contributed by atoms with Gasteiger partial charge < -0.3 is 10.5 Å². The highest BCUT2D eigenvalue weighted by Gasteiger charge is 1.98. The van der Waals surface area contributed by atoms with E-state index in [1.165, 1.54) is 0 Å². The predicted molar refractivity (Wildman–Crippen MR) is 70.1 cm³/mol. The van der Waals surface area contributed by atoms with Gasteiger partial charge in [0.05, 0.1) is 0 Å². The summed E-state index contributed by atoms with van der Waals surface area (Å²) in [5.74, 6) is 0.774. The Morgan fingerprint density at radius 3 is 2.53 bits per heavy atom. The molecule has 0 fully saturated rings. The van der Waals surface area contributed by atoms with Gasteiger partial charge >= 0.3 is 0 Å². The van der Waals surface area contributed by atoms with E-state index in [0.29, 0.717) is 18.2 Å². The number of nitrogens with two attached hydrogens (primary N) is 1. The van der Waals surface area contributed by atoms with Crippen molar-refractivity contribution in [1.82, 2.24) is 0 Å². The average Bonchev–Trinajstić information content (AvgIpc) is 2.37. The van der Waals surface area contributed by atoms with Gasteiger partial charge in [0, 0.05) is 11.6 Å². The number of hydrogen-bond donors (Lipinski definition) is 1. The zero-order valence-electron chi connectivity index (χ0n) is 9.40. The van der Waals surface area contributed by atoms with Crippen molar-refractivity contribution in [2.45, 2.75) is 13.2 Å². The van der Waals surface area contributed by atoms with Crippen LogP contribution in [0.2, 0.25) is 5.02 Å². The maximum atomic E-state index is 5.88. The molecule has 0 radical (unpaired) electrons. The minimum atomic E-state index is 0.522. The first-order valence-corrected chi connectivity index (χ1v) is 5.82. The van der Waals surface area contributed by atoms with Crippen molar-refractivity contribution < 1.29 is 4.74 Å². The lowest BCUT2D eigenvalue weighted by molar-refractivity contribution is 0.306. The van der Waals surface area contributed by atoms with Crippen LogP contribution in [0.4, 0.5) is 0 Å². The van der Waals surface area contributed by atoms with Crippen LogP contribution in [-0.2, 0) is 13.2 Å². The minimum absolute atomic E-state index is 0.522. The van der Waals surface area contributed by atoms with Gasteiger partial charge in [-0.25, -0.2) is 0 Å². The van der Waals surface area contributed by atoms with E-state index in [2.05, 4.69) is 0 Å². The minimum Gasteiger partial charge on any atom is -0.489 e. The van der Waals surface area contributed by atoms with Gasteiger partial charge in [-0.2, -0.15) is 0 Å². The van der Waals surface area contributed by atoms with Crippen LogP contribution in [0.25, 0.3) is 0 Å². The summed E-state index contributed by atoms with van der Waals surface area (Å²) < 4.78 is 5.65. The Balaban J connectivity index is 2.02. The highest BCUT2D eigenvalue weighted by Crippen LogP contribution is 2.18. The highest BCUT2D eigenvalue weighted by atomic mass is 35.5. The molecule has 17 heavy (non-hydrogen) atoms. The lowest BCUT2D eigenvalue weighted by Crippen LogP contribution is -1.99. The Bertz CT molecular complexity index is 499. The van der Waals surface area contributed by atoms with Crippen LogP contribution in [0, 0.1) is 0 Å². The van der Waals surface area contributed by atoms with Crippen molar-refractivity contribution in [2.75, 3.05) is 0 Å². The van der Waals surface area contributed by atoms with E-state index in [4.69, 9.17) is 22.1 Å². The average molecular weight is 248 g/mol. The Labute approximate surface area is 106 Å². The van der Waals surface area contributed by atoms with Crippen LogP contribution < -0.4 is 10.5 Å². The zero-order chi connectivity index (χ0) is 12.1. The van der Waals surface area contributed by atoms with Crippen LogP contribution in [0.3, 0.4) is 0 Å². The molecule has 0 unspecified atom stereocenters. The molecule has 0 saturated heterocycles. The van der Waals surface area contributed by atoms with E-state index in [9.17, 15) is 0 Å². The van der Waals surface area contributed by atoms with Crippen molar-refractivity contribution in [2.24, 2.45) is 5.73 Å². The van der Waals surface area contributed by atoms with Crippen LogP contribution in [-0.4, -0.2) is 0 Å². The first kappa shape index (κ1) is 12.0. The number of hydrogen-bond acceptors (Lipinski definition) is 2. The Morgan fingerprint density at radius 2 is 1.76 bits per heavy atom. The van der Waals surface area contributed by atoms with E-state index in [1.807, 2.05) is 42.5 Å². The summed E-state index contributed by atoms with van der Waals surface area (Å²) >= 11 is 5.88. The van der Waals surface area contributed by atoms with Crippen molar-refractivity contribution in [3.8, 4) is 5.75 Å². The van der Waals surface area contributed by atoms with Gasteiger partial charge in [-0.05, 0) is 29.3 Å². The lowest BCUT2D eigenvalue weighted by atomic mass is 10.1. The van der Waals surface area contributed by atoms with Crippen LogP contribution in [0.15, 0.2) is 48.5 Å². The predicted octanol–water partition coefficient (Wildman–Crippen LogP) is 3.38. The summed E-state index contributed by atoms with van der Waals surface area (Å²) in [6, 6.07) is 15.4. The summed E-state index contributed by atoms with van der Waals surface area (Å²) in [5.41, 5.74) is 7.80. The SMILES string of the molecule is NCc1cccc(COc2cccc(Cl)c2)c1. The molecule has 0 aromatic heterocycles. The summed E-state index contributed by atoms with van der Waals surface area (Å²) in [7, 11) is 0. The largest absolute Gasteiger partial charge is 0.489 e. The Hall–Kier alpha value is -1.51. The fourth-order valence-corrected chi connectivity index (χ4v) is 1.75. The third-order valence-electron chi connectivity index (χ3n) is 2.43. The topological polar surface area (TPSA) is 35.2 Å². The molecule has 2 aromatic rings. The maximum Gasteiger partial charge on any atom is 0.121 e. The molecule has 0 aliphatic rings. The molecule has 2 rings (SSSR count). The molecule has 2 nitrogen and oxygen atoms in total. The van der Waals surface area contributed by atoms with Gasteiger partial charge in [-0.1, -0.05) is 41.9 Å². The molecule has 2 N–H and O–H groups in total. The summed E-state index contributed by atoms with van der Waals surface area (Å²) in [5, 5.41) is 0.679. The van der Waals surface area contributed by atoms with E-state index in [0.717, 1.165) is 16.9 Å². The molecule has 0 atom stereocenters. The van der Waals surface area contributed by atoms with Gasteiger partial charge in [0.1, 0.15) is 12.4 Å². The summed E-state index contributed by atoms with van der Waals surface area (Å²) in [4.78, 5) is 0. The molecule has 3 heteroatoms. The fraction of sp³-hybridized carbons (Fsp3) is 0.143. The van der Waals surface area contributed by atoms with E-state index < -0.39 is 0 Å². The third-order valence-corrected chi connectivity index (χ3v) is 2.66. The molecular formula is C14H14ClNO. The van der Waals surface area contributed by atoms with Crippen LogP contribution in [0.1, 0.15) is 11.1 Å². The summed E-state index contributed by atoms with van der Waals surface area (Å²) in [6.07, 6.45) is 0. The number of ether oxygens (including phenoxy) is 1. The van der Waals surface area contributed by atoms with Crippen molar-refractivity contribution in [3.05, 3.63) is 64.7 Å². The highest BCUT2D eigenvalue weighted by molar-refractivity contribution is 6.30. The molecule has 2 aromatic carbocycles. The molecule has 88 valence electrons. The molecule has 0 saturated carbocycles. The van der Waals surface area contributed by atoms with E-state index in [1.54, 1.807) is 6.07 Å². The van der Waals surface area contributed by atoms with Crippen molar-refractivity contribution >= 4 is 11.6 Å². The Kier molecular flexibility index (Phi) is 4.02. The van der Waals surface area contributed by atoms with Crippen LogP contribution in [0.5, 0.6) is 5.75 Å².